The van der Waals surface area contributed by atoms with Crippen LogP contribution in [-0.2, 0) is 8.92 Å². The van der Waals surface area contributed by atoms with E-state index in [0.29, 0.717) is 12.7 Å². The normalized spacial score (nSPS) is 18.4. The van der Waals surface area contributed by atoms with Crippen LogP contribution in [0, 0.1) is 13.8 Å². The summed E-state index contributed by atoms with van der Waals surface area (Å²) in [7, 11) is 0. The molecule has 0 spiro atoms. The zero-order valence-electron chi connectivity index (χ0n) is 8.56. The molecule has 0 N–H and O–H groups in total. The van der Waals surface area contributed by atoms with Crippen LogP contribution in [0.4, 0.5) is 0 Å². The lowest BCUT2D eigenvalue weighted by Gasteiger charge is -1.90. The number of hydrogen-bond donors (Lipinski definition) is 1. The van der Waals surface area contributed by atoms with Gasteiger partial charge in [0.15, 0.2) is 0 Å². The summed E-state index contributed by atoms with van der Waals surface area (Å²) in [4.78, 5) is 0. The van der Waals surface area contributed by atoms with Gasteiger partial charge in [-0.25, -0.2) is 0 Å². The Hall–Kier alpha value is -0.510. The maximum absolute atomic E-state index is 4.78. The zero-order valence-corrected chi connectivity index (χ0v) is 9.46. The van der Waals surface area contributed by atoms with Gasteiger partial charge in [0.25, 0.3) is 0 Å². The van der Waals surface area contributed by atoms with Gasteiger partial charge in [0, 0.05) is 0 Å². The molecule has 0 radical (unpaired) electrons. The average molecular weight is 212 g/mol. The lowest BCUT2D eigenvalue weighted by Crippen LogP contribution is -1.91. The van der Waals surface area contributed by atoms with E-state index in [-0.39, 0.29) is 0 Å². The van der Waals surface area contributed by atoms with E-state index in [2.05, 4.69) is 55.2 Å². The monoisotopic (exact) mass is 212 g/mol. The SMILES string of the molecule is Cc1ccc(C)cc1.SOCC1CO1. The van der Waals surface area contributed by atoms with Gasteiger partial charge in [-0.2, -0.15) is 0 Å². The maximum atomic E-state index is 4.78. The number of thiol groups is 1. The Morgan fingerprint density at radius 1 is 1.29 bits per heavy atom. The molecule has 2 rings (SSSR count). The van der Waals surface area contributed by atoms with E-state index in [4.69, 9.17) is 4.74 Å². The molecule has 1 saturated heterocycles. The van der Waals surface area contributed by atoms with Crippen molar-refractivity contribution in [3.05, 3.63) is 35.4 Å². The van der Waals surface area contributed by atoms with Crippen LogP contribution in [0.3, 0.4) is 0 Å². The Balaban J connectivity index is 0.000000146. The summed E-state index contributed by atoms with van der Waals surface area (Å²) in [5, 5.41) is 0. The van der Waals surface area contributed by atoms with E-state index >= 15 is 0 Å². The largest absolute Gasteiger partial charge is 0.371 e. The van der Waals surface area contributed by atoms with Gasteiger partial charge in [-0.3, -0.25) is 0 Å². The summed E-state index contributed by atoms with van der Waals surface area (Å²) in [5.41, 5.74) is 2.66. The first-order valence-electron chi connectivity index (χ1n) is 4.63. The molecule has 1 aliphatic heterocycles. The topological polar surface area (TPSA) is 21.8 Å². The zero-order chi connectivity index (χ0) is 10.4. The van der Waals surface area contributed by atoms with Crippen LogP contribution in [0.25, 0.3) is 0 Å². The molecule has 1 atom stereocenters. The van der Waals surface area contributed by atoms with Crippen molar-refractivity contribution in [3.8, 4) is 0 Å². The van der Waals surface area contributed by atoms with Gasteiger partial charge in [0.2, 0.25) is 0 Å². The molecule has 0 saturated carbocycles. The van der Waals surface area contributed by atoms with E-state index in [1.165, 1.54) is 11.1 Å². The van der Waals surface area contributed by atoms with Crippen molar-refractivity contribution < 1.29 is 8.92 Å². The van der Waals surface area contributed by atoms with Crippen LogP contribution in [0.2, 0.25) is 0 Å². The van der Waals surface area contributed by atoms with Crippen LogP contribution in [-0.4, -0.2) is 19.3 Å². The third-order valence-corrected chi connectivity index (χ3v) is 2.03. The Bertz CT molecular complexity index is 233. The average Bonchev–Trinajstić information content (AvgIpc) is 2.96. The number of epoxide rings is 1. The first-order valence-corrected chi connectivity index (χ1v) is 5.00. The third-order valence-electron chi connectivity index (χ3n) is 1.88. The van der Waals surface area contributed by atoms with Crippen molar-refractivity contribution in [2.24, 2.45) is 0 Å². The second-order valence-corrected chi connectivity index (χ2v) is 3.66. The maximum Gasteiger partial charge on any atom is 0.105 e. The predicted molar refractivity (Wildman–Crippen MR) is 60.6 cm³/mol. The van der Waals surface area contributed by atoms with Crippen molar-refractivity contribution in [2.75, 3.05) is 13.2 Å². The summed E-state index contributed by atoms with van der Waals surface area (Å²) in [6.45, 7) is 5.67. The molecule has 1 unspecified atom stereocenters. The summed E-state index contributed by atoms with van der Waals surface area (Å²) < 4.78 is 9.21. The van der Waals surface area contributed by atoms with Gasteiger partial charge >= 0.3 is 0 Å². The van der Waals surface area contributed by atoms with E-state index in [9.17, 15) is 0 Å². The highest BCUT2D eigenvalue weighted by Crippen LogP contribution is 2.08. The molecule has 0 amide bonds. The van der Waals surface area contributed by atoms with Crippen molar-refractivity contribution >= 4 is 12.9 Å². The van der Waals surface area contributed by atoms with E-state index in [0.717, 1.165) is 6.61 Å². The lowest BCUT2D eigenvalue weighted by atomic mass is 10.2. The fourth-order valence-electron chi connectivity index (χ4n) is 0.884. The standard InChI is InChI=1S/C8H10.C3H6O2S/c1-7-3-5-8(2)6-4-7;6-5-2-3-1-4-3/h3-6H,1-2H3;3,6H,1-2H2. The quantitative estimate of drug-likeness (QED) is 0.462. The molecule has 0 bridgehead atoms. The molecule has 1 heterocycles. The van der Waals surface area contributed by atoms with Gasteiger partial charge in [0.1, 0.15) is 6.10 Å². The van der Waals surface area contributed by atoms with Gasteiger partial charge in [-0.05, 0) is 26.8 Å². The summed E-state index contributed by atoms with van der Waals surface area (Å²) in [6.07, 6.45) is 0.350. The molecule has 3 heteroatoms. The minimum Gasteiger partial charge on any atom is -0.371 e. The molecule has 1 aromatic rings. The molecular weight excluding hydrogens is 196 g/mol. The number of ether oxygens (including phenoxy) is 1. The minimum absolute atomic E-state index is 0.350. The van der Waals surface area contributed by atoms with Gasteiger partial charge < -0.3 is 8.92 Å². The molecule has 2 nitrogen and oxygen atoms in total. The lowest BCUT2D eigenvalue weighted by molar-refractivity contribution is 0.300. The van der Waals surface area contributed by atoms with Gasteiger partial charge in [-0.15, -0.1) is 0 Å². The summed E-state index contributed by atoms with van der Waals surface area (Å²) in [6, 6.07) is 8.48. The fourth-order valence-corrected chi connectivity index (χ4v) is 1.05. The Labute approximate surface area is 90.8 Å². The van der Waals surface area contributed by atoms with E-state index in [1.807, 2.05) is 0 Å². The number of rotatable bonds is 2. The van der Waals surface area contributed by atoms with E-state index < -0.39 is 0 Å². The van der Waals surface area contributed by atoms with Crippen LogP contribution in [0.15, 0.2) is 24.3 Å². The molecule has 0 aromatic heterocycles. The molecule has 1 fully saturated rings. The van der Waals surface area contributed by atoms with Crippen LogP contribution in [0.1, 0.15) is 11.1 Å². The number of aryl methyl sites for hydroxylation is 2. The minimum atomic E-state index is 0.350. The molecule has 0 aliphatic carbocycles. The van der Waals surface area contributed by atoms with E-state index in [1.54, 1.807) is 0 Å². The van der Waals surface area contributed by atoms with Crippen LogP contribution >= 0.6 is 12.9 Å². The van der Waals surface area contributed by atoms with Crippen molar-refractivity contribution in [1.29, 1.82) is 0 Å². The first kappa shape index (κ1) is 11.6. The Kier molecular flexibility index (Phi) is 5.01. The highest BCUT2D eigenvalue weighted by molar-refractivity contribution is 7.75. The molecular formula is C11H16O2S. The third kappa shape index (κ3) is 5.27. The highest BCUT2D eigenvalue weighted by atomic mass is 32.1. The smallest absolute Gasteiger partial charge is 0.105 e. The summed E-state index contributed by atoms with van der Waals surface area (Å²) >= 11 is 3.52. The van der Waals surface area contributed by atoms with Crippen molar-refractivity contribution in [2.45, 2.75) is 20.0 Å². The van der Waals surface area contributed by atoms with Crippen LogP contribution in [0.5, 0.6) is 0 Å². The van der Waals surface area contributed by atoms with Crippen molar-refractivity contribution in [3.63, 3.8) is 0 Å². The van der Waals surface area contributed by atoms with Crippen molar-refractivity contribution in [1.82, 2.24) is 0 Å². The molecule has 1 aliphatic rings. The predicted octanol–water partition coefficient (Wildman–Crippen LogP) is 2.55. The van der Waals surface area contributed by atoms with Crippen LogP contribution < -0.4 is 0 Å². The number of hydrogen-bond acceptors (Lipinski definition) is 3. The molecule has 1 aromatic carbocycles. The number of benzene rings is 1. The molecule has 78 valence electrons. The fraction of sp³-hybridized carbons (Fsp3) is 0.455. The second kappa shape index (κ2) is 6.06. The summed E-state index contributed by atoms with van der Waals surface area (Å²) in [5.74, 6) is 0. The van der Waals surface area contributed by atoms with Gasteiger partial charge in [-0.1, -0.05) is 35.4 Å². The highest BCUT2D eigenvalue weighted by Gasteiger charge is 2.21. The van der Waals surface area contributed by atoms with Gasteiger partial charge in [0.05, 0.1) is 13.2 Å². The Morgan fingerprint density at radius 3 is 1.93 bits per heavy atom. The first-order chi connectivity index (χ1) is 6.72. The Morgan fingerprint density at radius 2 is 1.71 bits per heavy atom. The molecule has 14 heavy (non-hydrogen) atoms. The second-order valence-electron chi connectivity index (χ2n) is 3.41.